The van der Waals surface area contributed by atoms with Crippen molar-refractivity contribution in [3.8, 4) is 6.07 Å². The van der Waals surface area contributed by atoms with Crippen molar-refractivity contribution in [1.82, 2.24) is 4.90 Å². The summed E-state index contributed by atoms with van der Waals surface area (Å²) < 4.78 is 0. The van der Waals surface area contributed by atoms with Gasteiger partial charge in [0, 0.05) is 6.54 Å². The Morgan fingerprint density at radius 1 is 1.69 bits per heavy atom. The second-order valence-corrected chi connectivity index (χ2v) is 4.17. The molecular formula is C10H12N2S. The van der Waals surface area contributed by atoms with Crippen molar-refractivity contribution in [2.24, 2.45) is 0 Å². The zero-order valence-electron chi connectivity index (χ0n) is 7.44. The van der Waals surface area contributed by atoms with E-state index >= 15 is 0 Å². The van der Waals surface area contributed by atoms with Crippen LogP contribution < -0.4 is 0 Å². The molecule has 1 aromatic rings. The Balaban J connectivity index is 1.99. The van der Waals surface area contributed by atoms with Crippen LogP contribution in [0.15, 0.2) is 16.8 Å². The molecule has 0 saturated carbocycles. The number of thiophene rings is 1. The molecule has 0 aromatic carbocycles. The molecule has 1 unspecified atom stereocenters. The smallest absolute Gasteiger partial charge is 0.0981 e. The third-order valence-electron chi connectivity index (χ3n) is 2.48. The molecule has 3 heteroatoms. The highest BCUT2D eigenvalue weighted by molar-refractivity contribution is 7.07. The fourth-order valence-corrected chi connectivity index (χ4v) is 2.44. The number of nitriles is 1. The summed E-state index contributed by atoms with van der Waals surface area (Å²) in [4.78, 5) is 2.27. The molecule has 1 saturated heterocycles. The van der Waals surface area contributed by atoms with E-state index in [-0.39, 0.29) is 6.04 Å². The van der Waals surface area contributed by atoms with Crippen LogP contribution in [-0.4, -0.2) is 17.5 Å². The van der Waals surface area contributed by atoms with E-state index in [0.29, 0.717) is 0 Å². The second kappa shape index (κ2) is 3.91. The van der Waals surface area contributed by atoms with E-state index < -0.39 is 0 Å². The topological polar surface area (TPSA) is 27.0 Å². The number of likely N-dealkylation sites (tertiary alicyclic amines) is 1. The lowest BCUT2D eigenvalue weighted by Crippen LogP contribution is -2.27. The van der Waals surface area contributed by atoms with Crippen LogP contribution in [0.2, 0.25) is 0 Å². The molecule has 0 radical (unpaired) electrons. The molecule has 13 heavy (non-hydrogen) atoms. The fourth-order valence-electron chi connectivity index (χ4n) is 1.78. The molecule has 2 nitrogen and oxygen atoms in total. The average Bonchev–Trinajstić information content (AvgIpc) is 2.76. The van der Waals surface area contributed by atoms with E-state index in [2.05, 4.69) is 27.8 Å². The predicted octanol–water partition coefficient (Wildman–Crippen LogP) is 2.24. The first-order valence-corrected chi connectivity index (χ1v) is 5.49. The van der Waals surface area contributed by atoms with Crippen LogP contribution in [0.25, 0.3) is 0 Å². The van der Waals surface area contributed by atoms with E-state index in [1.54, 1.807) is 11.3 Å². The fraction of sp³-hybridized carbons (Fsp3) is 0.500. The average molecular weight is 192 g/mol. The molecule has 1 aliphatic heterocycles. The SMILES string of the molecule is N#CC1CCCN1Cc1ccsc1. The van der Waals surface area contributed by atoms with Crippen LogP contribution in [0.5, 0.6) is 0 Å². The van der Waals surface area contributed by atoms with Gasteiger partial charge in [0.1, 0.15) is 0 Å². The van der Waals surface area contributed by atoms with Crippen molar-refractivity contribution >= 4 is 11.3 Å². The summed E-state index contributed by atoms with van der Waals surface area (Å²) in [6.45, 7) is 2.02. The molecule has 68 valence electrons. The standard InChI is InChI=1S/C10H12N2S/c11-6-10-2-1-4-12(10)7-9-3-5-13-8-9/h3,5,8,10H,1-2,4,7H2. The highest BCUT2D eigenvalue weighted by atomic mass is 32.1. The lowest BCUT2D eigenvalue weighted by Gasteiger charge is -2.17. The minimum absolute atomic E-state index is 0.153. The van der Waals surface area contributed by atoms with Gasteiger partial charge in [-0.3, -0.25) is 4.90 Å². The summed E-state index contributed by atoms with van der Waals surface area (Å²) in [5.41, 5.74) is 1.34. The van der Waals surface area contributed by atoms with E-state index in [9.17, 15) is 0 Å². The quantitative estimate of drug-likeness (QED) is 0.718. The summed E-state index contributed by atoms with van der Waals surface area (Å²) in [6.07, 6.45) is 2.21. The number of nitrogens with zero attached hydrogens (tertiary/aromatic N) is 2. The molecule has 2 heterocycles. The first-order chi connectivity index (χ1) is 6.40. The Labute approximate surface area is 82.4 Å². The lowest BCUT2D eigenvalue weighted by atomic mass is 10.2. The molecule has 0 aliphatic carbocycles. The Morgan fingerprint density at radius 2 is 2.62 bits per heavy atom. The molecule has 1 fully saturated rings. The van der Waals surface area contributed by atoms with Crippen LogP contribution in [0.3, 0.4) is 0 Å². The third-order valence-corrected chi connectivity index (χ3v) is 3.21. The summed E-state index contributed by atoms with van der Waals surface area (Å²) in [5.74, 6) is 0. The van der Waals surface area contributed by atoms with Gasteiger partial charge in [0.05, 0.1) is 12.1 Å². The molecule has 0 bridgehead atoms. The Hall–Kier alpha value is -0.850. The maximum absolute atomic E-state index is 8.88. The van der Waals surface area contributed by atoms with Gasteiger partial charge in [-0.2, -0.15) is 16.6 Å². The van der Waals surface area contributed by atoms with E-state index in [0.717, 1.165) is 19.5 Å². The van der Waals surface area contributed by atoms with Gasteiger partial charge in [0.25, 0.3) is 0 Å². The van der Waals surface area contributed by atoms with Gasteiger partial charge in [-0.05, 0) is 41.8 Å². The zero-order chi connectivity index (χ0) is 9.10. The number of hydrogen-bond acceptors (Lipinski definition) is 3. The Bertz CT molecular complexity index is 299. The van der Waals surface area contributed by atoms with Crippen molar-refractivity contribution in [1.29, 1.82) is 5.26 Å². The van der Waals surface area contributed by atoms with Gasteiger partial charge in [0.15, 0.2) is 0 Å². The lowest BCUT2D eigenvalue weighted by molar-refractivity contribution is 0.287. The van der Waals surface area contributed by atoms with Crippen molar-refractivity contribution in [3.05, 3.63) is 22.4 Å². The van der Waals surface area contributed by atoms with Gasteiger partial charge < -0.3 is 0 Å². The van der Waals surface area contributed by atoms with Gasteiger partial charge in [-0.15, -0.1) is 0 Å². The Kier molecular flexibility index (Phi) is 2.62. The van der Waals surface area contributed by atoms with Crippen molar-refractivity contribution in [2.75, 3.05) is 6.54 Å². The number of hydrogen-bond donors (Lipinski definition) is 0. The summed E-state index contributed by atoms with van der Waals surface area (Å²) in [5, 5.41) is 13.1. The molecule has 2 rings (SSSR count). The van der Waals surface area contributed by atoms with E-state index in [4.69, 9.17) is 5.26 Å². The van der Waals surface area contributed by atoms with Gasteiger partial charge >= 0.3 is 0 Å². The molecular weight excluding hydrogens is 180 g/mol. The highest BCUT2D eigenvalue weighted by Crippen LogP contribution is 2.20. The Morgan fingerprint density at radius 3 is 3.31 bits per heavy atom. The highest BCUT2D eigenvalue weighted by Gasteiger charge is 2.23. The molecule has 0 N–H and O–H groups in total. The van der Waals surface area contributed by atoms with Crippen LogP contribution >= 0.6 is 11.3 Å². The van der Waals surface area contributed by atoms with Crippen LogP contribution in [0.1, 0.15) is 18.4 Å². The molecule has 0 amide bonds. The first kappa shape index (κ1) is 8.74. The maximum Gasteiger partial charge on any atom is 0.0981 e. The molecule has 0 spiro atoms. The minimum atomic E-state index is 0.153. The van der Waals surface area contributed by atoms with Crippen molar-refractivity contribution in [3.63, 3.8) is 0 Å². The predicted molar refractivity (Wildman–Crippen MR) is 53.4 cm³/mol. The van der Waals surface area contributed by atoms with Crippen LogP contribution in [0.4, 0.5) is 0 Å². The monoisotopic (exact) mass is 192 g/mol. The van der Waals surface area contributed by atoms with Crippen LogP contribution in [0, 0.1) is 11.3 Å². The minimum Gasteiger partial charge on any atom is -0.284 e. The molecule has 1 atom stereocenters. The normalized spacial score (nSPS) is 23.2. The summed E-state index contributed by atoms with van der Waals surface area (Å²) in [6, 6.07) is 4.64. The first-order valence-electron chi connectivity index (χ1n) is 4.55. The van der Waals surface area contributed by atoms with E-state index in [1.807, 2.05) is 0 Å². The molecule has 1 aromatic heterocycles. The van der Waals surface area contributed by atoms with Gasteiger partial charge in [0.2, 0.25) is 0 Å². The third kappa shape index (κ3) is 1.90. The van der Waals surface area contributed by atoms with Crippen molar-refractivity contribution < 1.29 is 0 Å². The number of rotatable bonds is 2. The second-order valence-electron chi connectivity index (χ2n) is 3.39. The summed E-state index contributed by atoms with van der Waals surface area (Å²) in [7, 11) is 0. The zero-order valence-corrected chi connectivity index (χ0v) is 8.26. The summed E-state index contributed by atoms with van der Waals surface area (Å²) >= 11 is 1.72. The molecule has 1 aliphatic rings. The maximum atomic E-state index is 8.88. The van der Waals surface area contributed by atoms with Gasteiger partial charge in [-0.1, -0.05) is 0 Å². The van der Waals surface area contributed by atoms with Crippen molar-refractivity contribution in [2.45, 2.75) is 25.4 Å². The van der Waals surface area contributed by atoms with Gasteiger partial charge in [-0.25, -0.2) is 0 Å². The van der Waals surface area contributed by atoms with Crippen LogP contribution in [-0.2, 0) is 6.54 Å². The van der Waals surface area contributed by atoms with E-state index in [1.165, 1.54) is 12.0 Å². The largest absolute Gasteiger partial charge is 0.284 e.